The molecule has 1 N–H and O–H groups in total. The van der Waals surface area contributed by atoms with Gasteiger partial charge in [-0.1, -0.05) is 0 Å². The number of benzene rings is 2. The highest BCUT2D eigenvalue weighted by molar-refractivity contribution is 5.97. The summed E-state index contributed by atoms with van der Waals surface area (Å²) in [6.45, 7) is 3.00. The Morgan fingerprint density at radius 1 is 1.10 bits per heavy atom. The number of ether oxygens (including phenoxy) is 1. The number of furan rings is 1. The molecule has 1 aliphatic rings. The first-order valence-electron chi connectivity index (χ1n) is 10.0. The summed E-state index contributed by atoms with van der Waals surface area (Å²) in [7, 11) is 0. The van der Waals surface area contributed by atoms with Crippen molar-refractivity contribution in [1.29, 1.82) is 0 Å². The molecule has 1 heterocycles. The van der Waals surface area contributed by atoms with Gasteiger partial charge in [0.2, 0.25) is 0 Å². The maximum atomic E-state index is 12.4. The molecule has 2 aromatic carbocycles. The molecule has 1 atom stereocenters. The van der Waals surface area contributed by atoms with E-state index in [2.05, 4.69) is 17.4 Å². The van der Waals surface area contributed by atoms with E-state index >= 15 is 0 Å². The summed E-state index contributed by atoms with van der Waals surface area (Å²) in [5.74, 6) is -0.978. The highest BCUT2D eigenvalue weighted by Crippen LogP contribution is 2.30. The lowest BCUT2D eigenvalue weighted by atomic mass is 10.0. The Morgan fingerprint density at radius 3 is 2.50 bits per heavy atom. The SMILES string of the molecule is CC(=O)c1ccc(NC(=O)C(C)OC(=O)Cc2coc3cc4c(cc23)CCC4)cc1. The van der Waals surface area contributed by atoms with Crippen LogP contribution in [-0.4, -0.2) is 23.8 Å². The Bertz CT molecular complexity index is 1130. The second-order valence-electron chi connectivity index (χ2n) is 7.66. The molecule has 0 bridgehead atoms. The van der Waals surface area contributed by atoms with Crippen molar-refractivity contribution in [2.75, 3.05) is 5.32 Å². The lowest BCUT2D eigenvalue weighted by molar-refractivity contribution is -0.152. The summed E-state index contributed by atoms with van der Waals surface area (Å²) in [5, 5.41) is 3.61. The molecular weight excluding hydrogens is 382 g/mol. The largest absolute Gasteiger partial charge is 0.464 e. The normalized spacial score (nSPS) is 13.7. The van der Waals surface area contributed by atoms with Crippen LogP contribution in [0.25, 0.3) is 11.0 Å². The fraction of sp³-hybridized carbons (Fsp3) is 0.292. The summed E-state index contributed by atoms with van der Waals surface area (Å²) in [5.41, 5.74) is 5.25. The van der Waals surface area contributed by atoms with Crippen molar-refractivity contribution in [3.63, 3.8) is 0 Å². The van der Waals surface area contributed by atoms with Crippen molar-refractivity contribution in [3.05, 3.63) is 64.9 Å². The molecule has 6 nitrogen and oxygen atoms in total. The maximum absolute atomic E-state index is 12.4. The zero-order valence-electron chi connectivity index (χ0n) is 17.0. The van der Waals surface area contributed by atoms with Gasteiger partial charge in [-0.25, -0.2) is 0 Å². The minimum Gasteiger partial charge on any atom is -0.464 e. The van der Waals surface area contributed by atoms with Crippen LogP contribution in [0.4, 0.5) is 5.69 Å². The number of anilines is 1. The average molecular weight is 405 g/mol. The van der Waals surface area contributed by atoms with E-state index in [1.165, 1.54) is 25.0 Å². The number of nitrogens with one attached hydrogen (secondary N) is 1. The molecule has 6 heteroatoms. The number of Topliss-reactive ketones (excluding diaryl/α,β-unsaturated/α-hetero) is 1. The minimum atomic E-state index is -0.951. The van der Waals surface area contributed by atoms with Crippen LogP contribution in [0, 0.1) is 0 Å². The Kier molecular flexibility index (Phi) is 5.40. The number of esters is 1. The number of fused-ring (bicyclic) bond motifs is 2. The van der Waals surface area contributed by atoms with Gasteiger partial charge in [-0.3, -0.25) is 14.4 Å². The molecule has 0 aliphatic heterocycles. The summed E-state index contributed by atoms with van der Waals surface area (Å²) in [6, 6.07) is 10.7. The average Bonchev–Trinajstić information content (AvgIpc) is 3.33. The number of carbonyl (C=O) groups excluding carboxylic acids is 3. The van der Waals surface area contributed by atoms with E-state index in [4.69, 9.17) is 9.15 Å². The summed E-state index contributed by atoms with van der Waals surface area (Å²) < 4.78 is 10.9. The Hall–Kier alpha value is -3.41. The second kappa shape index (κ2) is 8.14. The van der Waals surface area contributed by atoms with Crippen LogP contribution in [0.3, 0.4) is 0 Å². The molecule has 1 unspecified atom stereocenters. The molecule has 154 valence electrons. The maximum Gasteiger partial charge on any atom is 0.311 e. The highest BCUT2D eigenvalue weighted by atomic mass is 16.5. The quantitative estimate of drug-likeness (QED) is 0.490. The first kappa shape index (κ1) is 19.9. The first-order valence-corrected chi connectivity index (χ1v) is 10.0. The number of carbonyl (C=O) groups is 3. The van der Waals surface area contributed by atoms with E-state index in [9.17, 15) is 14.4 Å². The first-order chi connectivity index (χ1) is 14.4. The molecule has 1 aromatic heterocycles. The van der Waals surface area contributed by atoms with E-state index in [-0.39, 0.29) is 12.2 Å². The van der Waals surface area contributed by atoms with Crippen LogP contribution in [-0.2, 0) is 33.6 Å². The van der Waals surface area contributed by atoms with Crippen molar-refractivity contribution in [3.8, 4) is 0 Å². The zero-order chi connectivity index (χ0) is 21.3. The number of aryl methyl sites for hydroxylation is 2. The van der Waals surface area contributed by atoms with Gasteiger partial charge >= 0.3 is 5.97 Å². The van der Waals surface area contributed by atoms with Gasteiger partial charge in [-0.15, -0.1) is 0 Å². The van der Waals surface area contributed by atoms with Crippen LogP contribution < -0.4 is 5.32 Å². The van der Waals surface area contributed by atoms with Crippen LogP contribution in [0.5, 0.6) is 0 Å². The monoisotopic (exact) mass is 405 g/mol. The van der Waals surface area contributed by atoms with E-state index in [1.54, 1.807) is 30.5 Å². The highest BCUT2D eigenvalue weighted by Gasteiger charge is 2.21. The van der Waals surface area contributed by atoms with Gasteiger partial charge in [-0.2, -0.15) is 0 Å². The van der Waals surface area contributed by atoms with Crippen molar-refractivity contribution in [2.24, 2.45) is 0 Å². The fourth-order valence-electron chi connectivity index (χ4n) is 3.76. The summed E-state index contributed by atoms with van der Waals surface area (Å²) in [6.07, 6.45) is 3.92. The zero-order valence-corrected chi connectivity index (χ0v) is 17.0. The molecule has 0 radical (unpaired) electrons. The van der Waals surface area contributed by atoms with E-state index < -0.39 is 18.0 Å². The van der Waals surface area contributed by atoms with E-state index in [0.717, 1.165) is 35.8 Å². The molecular formula is C24H23NO5. The Balaban J connectivity index is 1.37. The molecule has 3 aromatic rings. The molecule has 30 heavy (non-hydrogen) atoms. The number of rotatable bonds is 6. The lowest BCUT2D eigenvalue weighted by Gasteiger charge is -2.13. The molecule has 0 saturated heterocycles. The number of hydrogen-bond donors (Lipinski definition) is 1. The predicted octanol–water partition coefficient (Wildman–Crippen LogP) is 4.24. The third-order valence-corrected chi connectivity index (χ3v) is 5.44. The molecule has 0 fully saturated rings. The summed E-state index contributed by atoms with van der Waals surface area (Å²) in [4.78, 5) is 36.1. The van der Waals surface area contributed by atoms with Crippen LogP contribution >= 0.6 is 0 Å². The third kappa shape index (κ3) is 4.13. The molecule has 1 aliphatic carbocycles. The van der Waals surface area contributed by atoms with Gasteiger partial charge in [0.05, 0.1) is 12.7 Å². The van der Waals surface area contributed by atoms with Crippen molar-refractivity contribution in [2.45, 2.75) is 45.6 Å². The van der Waals surface area contributed by atoms with Crippen molar-refractivity contribution >= 4 is 34.3 Å². The van der Waals surface area contributed by atoms with Gasteiger partial charge in [0.15, 0.2) is 11.9 Å². The fourth-order valence-corrected chi connectivity index (χ4v) is 3.76. The second-order valence-corrected chi connectivity index (χ2v) is 7.66. The van der Waals surface area contributed by atoms with Crippen LogP contribution in [0.1, 0.15) is 47.3 Å². The minimum absolute atomic E-state index is 0.0384. The Labute approximate surface area is 174 Å². The van der Waals surface area contributed by atoms with Crippen LogP contribution in [0.15, 0.2) is 47.1 Å². The number of amides is 1. The van der Waals surface area contributed by atoms with Crippen LogP contribution in [0.2, 0.25) is 0 Å². The number of ketones is 1. The standard InChI is InChI=1S/C24H23NO5/c1-14(26)16-6-8-20(9-7-16)25-24(28)15(2)30-23(27)12-19-13-29-22-11-18-5-3-4-17(18)10-21(19)22/h6-11,13,15H,3-5,12H2,1-2H3,(H,25,28). The van der Waals surface area contributed by atoms with E-state index in [1.807, 2.05) is 0 Å². The van der Waals surface area contributed by atoms with Gasteiger partial charge < -0.3 is 14.5 Å². The van der Waals surface area contributed by atoms with Gasteiger partial charge in [-0.05, 0) is 80.6 Å². The third-order valence-electron chi connectivity index (χ3n) is 5.44. The van der Waals surface area contributed by atoms with Gasteiger partial charge in [0.1, 0.15) is 5.58 Å². The van der Waals surface area contributed by atoms with Gasteiger partial charge in [0, 0.05) is 22.2 Å². The van der Waals surface area contributed by atoms with Crippen molar-refractivity contribution < 1.29 is 23.5 Å². The lowest BCUT2D eigenvalue weighted by Crippen LogP contribution is -2.30. The smallest absolute Gasteiger partial charge is 0.311 e. The number of hydrogen-bond acceptors (Lipinski definition) is 5. The van der Waals surface area contributed by atoms with Crippen molar-refractivity contribution in [1.82, 2.24) is 0 Å². The Morgan fingerprint density at radius 2 is 1.80 bits per heavy atom. The molecule has 1 amide bonds. The topological polar surface area (TPSA) is 85.6 Å². The molecule has 4 rings (SSSR count). The van der Waals surface area contributed by atoms with E-state index in [0.29, 0.717) is 11.3 Å². The molecule has 0 spiro atoms. The predicted molar refractivity (Wildman–Crippen MR) is 113 cm³/mol. The summed E-state index contributed by atoms with van der Waals surface area (Å²) >= 11 is 0. The molecule has 0 saturated carbocycles. The van der Waals surface area contributed by atoms with Gasteiger partial charge in [0.25, 0.3) is 5.91 Å².